The van der Waals surface area contributed by atoms with Gasteiger partial charge in [-0.15, -0.1) is 0 Å². The molecule has 0 saturated heterocycles. The van der Waals surface area contributed by atoms with Crippen molar-refractivity contribution in [1.29, 1.82) is 0 Å². The van der Waals surface area contributed by atoms with Crippen LogP contribution in [0.1, 0.15) is 27.4 Å². The second kappa shape index (κ2) is 6.24. The number of aliphatic carboxylic acids is 1. The van der Waals surface area contributed by atoms with Crippen LogP contribution in [0.3, 0.4) is 0 Å². The van der Waals surface area contributed by atoms with Gasteiger partial charge in [0.25, 0.3) is 5.91 Å². The lowest BCUT2D eigenvalue weighted by Gasteiger charge is -2.09. The molecule has 0 aliphatic heterocycles. The van der Waals surface area contributed by atoms with E-state index in [1.165, 1.54) is 11.1 Å². The first kappa shape index (κ1) is 15.7. The van der Waals surface area contributed by atoms with Gasteiger partial charge in [-0.1, -0.05) is 24.3 Å². The van der Waals surface area contributed by atoms with Gasteiger partial charge in [-0.25, -0.2) is 4.79 Å². The number of carbonyl (C=O) groups excluding carboxylic acids is 1. The molecule has 25 heavy (non-hydrogen) atoms. The SMILES string of the molecule is O=C(O)COc1ccc(C(=O)NCC2C3Cc4ccccc4C23)cc1. The highest BCUT2D eigenvalue weighted by Crippen LogP contribution is 2.60. The lowest BCUT2D eigenvalue weighted by atomic mass is 10.0. The third-order valence-corrected chi connectivity index (χ3v) is 5.18. The van der Waals surface area contributed by atoms with Gasteiger partial charge in [-0.2, -0.15) is 0 Å². The van der Waals surface area contributed by atoms with Gasteiger partial charge in [0.15, 0.2) is 6.61 Å². The summed E-state index contributed by atoms with van der Waals surface area (Å²) in [7, 11) is 0. The molecule has 2 N–H and O–H groups in total. The quantitative estimate of drug-likeness (QED) is 0.849. The molecule has 4 rings (SSSR count). The predicted molar refractivity (Wildman–Crippen MR) is 91.8 cm³/mol. The first-order valence-corrected chi connectivity index (χ1v) is 8.44. The number of fused-ring (bicyclic) bond motifs is 3. The Hall–Kier alpha value is -2.82. The maximum Gasteiger partial charge on any atom is 0.341 e. The summed E-state index contributed by atoms with van der Waals surface area (Å²) in [5.74, 6) is 1.11. The van der Waals surface area contributed by atoms with Crippen LogP contribution in [-0.4, -0.2) is 30.1 Å². The molecule has 0 spiro atoms. The molecule has 2 aliphatic rings. The molecule has 1 amide bonds. The Morgan fingerprint density at radius 3 is 2.64 bits per heavy atom. The average molecular weight is 337 g/mol. The Balaban J connectivity index is 1.30. The monoisotopic (exact) mass is 337 g/mol. The zero-order valence-electron chi connectivity index (χ0n) is 13.6. The van der Waals surface area contributed by atoms with Crippen LogP contribution < -0.4 is 10.1 Å². The van der Waals surface area contributed by atoms with E-state index in [1.807, 2.05) is 0 Å². The van der Waals surface area contributed by atoms with E-state index in [1.54, 1.807) is 24.3 Å². The molecular weight excluding hydrogens is 318 g/mol. The summed E-state index contributed by atoms with van der Waals surface area (Å²) in [6.07, 6.45) is 1.12. The van der Waals surface area contributed by atoms with Crippen molar-refractivity contribution in [1.82, 2.24) is 5.32 Å². The smallest absolute Gasteiger partial charge is 0.341 e. The number of hydrogen-bond donors (Lipinski definition) is 2. The molecular formula is C20H19NO4. The van der Waals surface area contributed by atoms with Crippen LogP contribution in [0.4, 0.5) is 0 Å². The van der Waals surface area contributed by atoms with Crippen LogP contribution in [0, 0.1) is 11.8 Å². The largest absolute Gasteiger partial charge is 0.482 e. The Morgan fingerprint density at radius 1 is 1.12 bits per heavy atom. The van der Waals surface area contributed by atoms with E-state index in [9.17, 15) is 9.59 Å². The number of rotatable bonds is 6. The minimum Gasteiger partial charge on any atom is -0.482 e. The minimum atomic E-state index is -1.03. The highest BCUT2D eigenvalue weighted by atomic mass is 16.5. The summed E-state index contributed by atoms with van der Waals surface area (Å²) in [6, 6.07) is 15.1. The van der Waals surface area contributed by atoms with Crippen molar-refractivity contribution in [3.8, 4) is 5.75 Å². The maximum absolute atomic E-state index is 12.3. The fourth-order valence-electron chi connectivity index (χ4n) is 3.92. The number of amides is 1. The highest BCUT2D eigenvalue weighted by molar-refractivity contribution is 5.94. The van der Waals surface area contributed by atoms with Crippen molar-refractivity contribution in [2.45, 2.75) is 12.3 Å². The fourth-order valence-corrected chi connectivity index (χ4v) is 3.92. The average Bonchev–Trinajstić information content (AvgIpc) is 3.16. The lowest BCUT2D eigenvalue weighted by Crippen LogP contribution is -2.26. The Kier molecular flexibility index (Phi) is 3.92. The highest BCUT2D eigenvalue weighted by Gasteiger charge is 2.54. The number of carbonyl (C=O) groups is 2. The predicted octanol–water partition coefficient (Wildman–Crippen LogP) is 2.47. The number of carboxylic acid groups (broad SMARTS) is 1. The Labute approximate surface area is 145 Å². The van der Waals surface area contributed by atoms with Crippen LogP contribution >= 0.6 is 0 Å². The van der Waals surface area contributed by atoms with Crippen LogP contribution in [0.25, 0.3) is 0 Å². The topological polar surface area (TPSA) is 75.6 Å². The molecule has 0 radical (unpaired) electrons. The third kappa shape index (κ3) is 3.09. The number of ether oxygens (including phenoxy) is 1. The summed E-state index contributed by atoms with van der Waals surface area (Å²) < 4.78 is 5.06. The van der Waals surface area contributed by atoms with Crippen molar-refractivity contribution in [2.24, 2.45) is 11.8 Å². The summed E-state index contributed by atoms with van der Waals surface area (Å²) in [5, 5.41) is 11.6. The van der Waals surface area contributed by atoms with Gasteiger partial charge in [0.1, 0.15) is 5.75 Å². The molecule has 2 aromatic rings. The first-order chi connectivity index (χ1) is 12.1. The van der Waals surface area contributed by atoms with Crippen LogP contribution in [0.15, 0.2) is 48.5 Å². The van der Waals surface area contributed by atoms with Gasteiger partial charge in [0.05, 0.1) is 0 Å². The molecule has 0 heterocycles. The standard InChI is InChI=1S/C20H19NO4/c22-18(23)11-25-14-7-5-12(6-8-14)20(24)21-10-17-16-9-13-3-1-2-4-15(13)19(16)17/h1-8,16-17,19H,9-11H2,(H,21,24)(H,22,23). The van der Waals surface area contributed by atoms with E-state index in [-0.39, 0.29) is 5.91 Å². The van der Waals surface area contributed by atoms with Gasteiger partial charge in [0, 0.05) is 12.1 Å². The zero-order valence-corrected chi connectivity index (χ0v) is 13.6. The van der Waals surface area contributed by atoms with E-state index >= 15 is 0 Å². The number of benzene rings is 2. The summed E-state index contributed by atoms with van der Waals surface area (Å²) in [5.41, 5.74) is 3.46. The van der Waals surface area contributed by atoms with E-state index in [0.717, 1.165) is 6.42 Å². The van der Waals surface area contributed by atoms with Crippen molar-refractivity contribution in [3.05, 3.63) is 65.2 Å². The Bertz CT molecular complexity index is 815. The molecule has 3 atom stereocenters. The van der Waals surface area contributed by atoms with Gasteiger partial charge < -0.3 is 15.2 Å². The summed E-state index contributed by atoms with van der Waals surface area (Å²) in [6.45, 7) is 0.303. The van der Waals surface area contributed by atoms with E-state index < -0.39 is 12.6 Å². The molecule has 5 nitrogen and oxygen atoms in total. The van der Waals surface area contributed by atoms with Gasteiger partial charge in [-0.05, 0) is 59.6 Å². The van der Waals surface area contributed by atoms with Crippen molar-refractivity contribution in [3.63, 3.8) is 0 Å². The second-order valence-corrected chi connectivity index (χ2v) is 6.67. The normalized spacial score (nSPS) is 22.6. The molecule has 3 unspecified atom stereocenters. The summed E-state index contributed by atoms with van der Waals surface area (Å²) in [4.78, 5) is 22.7. The third-order valence-electron chi connectivity index (χ3n) is 5.18. The number of carboxylic acids is 1. The van der Waals surface area contributed by atoms with Crippen LogP contribution in [0.5, 0.6) is 5.75 Å². The van der Waals surface area contributed by atoms with Crippen LogP contribution in [0.2, 0.25) is 0 Å². The van der Waals surface area contributed by atoms with Crippen molar-refractivity contribution in [2.75, 3.05) is 13.2 Å². The molecule has 0 aromatic heterocycles. The van der Waals surface area contributed by atoms with Gasteiger partial charge in [-0.3, -0.25) is 4.79 Å². The van der Waals surface area contributed by atoms with Gasteiger partial charge in [0.2, 0.25) is 0 Å². The minimum absolute atomic E-state index is 0.108. The summed E-state index contributed by atoms with van der Waals surface area (Å²) >= 11 is 0. The molecule has 1 saturated carbocycles. The Morgan fingerprint density at radius 2 is 1.88 bits per heavy atom. The van der Waals surface area contributed by atoms with Gasteiger partial charge >= 0.3 is 5.97 Å². The lowest BCUT2D eigenvalue weighted by molar-refractivity contribution is -0.139. The fraction of sp³-hybridized carbons (Fsp3) is 0.300. The molecule has 2 aliphatic carbocycles. The molecule has 0 bridgehead atoms. The number of nitrogens with one attached hydrogen (secondary N) is 1. The molecule has 128 valence electrons. The molecule has 5 heteroatoms. The maximum atomic E-state index is 12.3. The molecule has 2 aromatic carbocycles. The van der Waals surface area contributed by atoms with E-state index in [4.69, 9.17) is 9.84 Å². The van der Waals surface area contributed by atoms with E-state index in [0.29, 0.717) is 35.6 Å². The van der Waals surface area contributed by atoms with Crippen molar-refractivity contribution >= 4 is 11.9 Å². The number of hydrogen-bond acceptors (Lipinski definition) is 3. The van der Waals surface area contributed by atoms with Crippen LogP contribution in [-0.2, 0) is 11.2 Å². The van der Waals surface area contributed by atoms with Crippen molar-refractivity contribution < 1.29 is 19.4 Å². The first-order valence-electron chi connectivity index (χ1n) is 8.44. The van der Waals surface area contributed by atoms with E-state index in [2.05, 4.69) is 29.6 Å². The second-order valence-electron chi connectivity index (χ2n) is 6.67. The molecule has 1 fully saturated rings. The zero-order chi connectivity index (χ0) is 17.4.